The van der Waals surface area contributed by atoms with Crippen LogP contribution in [0.2, 0.25) is 0 Å². The Morgan fingerprint density at radius 1 is 1.27 bits per heavy atom. The molecular formula is C18H19N7O. The topological polar surface area (TPSA) is 125 Å². The van der Waals surface area contributed by atoms with Gasteiger partial charge in [0.05, 0.1) is 18.2 Å². The molecule has 0 aliphatic heterocycles. The number of nitrogens with zero attached hydrogens (tertiary/aromatic N) is 6. The summed E-state index contributed by atoms with van der Waals surface area (Å²) in [5.41, 5.74) is 6.75. The molecule has 2 aromatic rings. The number of hydrogen-bond donors (Lipinski definition) is 1. The molecular weight excluding hydrogens is 330 g/mol. The molecule has 0 saturated carbocycles. The molecule has 1 aromatic heterocycles. The maximum atomic E-state index is 9.50. The quantitative estimate of drug-likeness (QED) is 0.596. The number of nitriles is 2. The van der Waals surface area contributed by atoms with E-state index in [0.717, 1.165) is 5.56 Å². The second kappa shape index (κ2) is 9.00. The Hall–Kier alpha value is -3.65. The van der Waals surface area contributed by atoms with Crippen LogP contribution < -0.4 is 15.4 Å². The third kappa shape index (κ3) is 5.18. The van der Waals surface area contributed by atoms with Crippen LogP contribution in [0.4, 0.5) is 11.9 Å². The number of allylic oxidation sites excluding steroid dienone is 1. The number of rotatable bonds is 7. The summed E-state index contributed by atoms with van der Waals surface area (Å²) >= 11 is 0. The van der Waals surface area contributed by atoms with Crippen molar-refractivity contribution in [3.05, 3.63) is 35.7 Å². The van der Waals surface area contributed by atoms with Gasteiger partial charge in [-0.05, 0) is 30.2 Å². The van der Waals surface area contributed by atoms with Gasteiger partial charge in [0.25, 0.3) is 0 Å². The van der Waals surface area contributed by atoms with Gasteiger partial charge in [-0.25, -0.2) is 0 Å². The van der Waals surface area contributed by atoms with Crippen LogP contribution in [0.5, 0.6) is 5.75 Å². The van der Waals surface area contributed by atoms with Crippen molar-refractivity contribution in [2.75, 3.05) is 31.3 Å². The average Bonchev–Trinajstić information content (AvgIpc) is 2.63. The third-order valence-electron chi connectivity index (χ3n) is 3.27. The molecule has 0 amide bonds. The van der Waals surface area contributed by atoms with E-state index in [1.165, 1.54) is 0 Å². The van der Waals surface area contributed by atoms with Crippen LogP contribution >= 0.6 is 0 Å². The molecule has 132 valence electrons. The Morgan fingerprint density at radius 3 is 2.77 bits per heavy atom. The highest BCUT2D eigenvalue weighted by atomic mass is 16.5. The second-order valence-corrected chi connectivity index (χ2v) is 5.56. The molecule has 0 bridgehead atoms. The molecule has 0 fully saturated rings. The lowest BCUT2D eigenvalue weighted by atomic mass is 10.1. The fourth-order valence-corrected chi connectivity index (χ4v) is 2.05. The van der Waals surface area contributed by atoms with Gasteiger partial charge in [0, 0.05) is 20.5 Å². The summed E-state index contributed by atoms with van der Waals surface area (Å²) in [5, 5.41) is 18.0. The van der Waals surface area contributed by atoms with Gasteiger partial charge in [-0.3, -0.25) is 0 Å². The lowest BCUT2D eigenvalue weighted by molar-refractivity contribution is 0.312. The summed E-state index contributed by atoms with van der Waals surface area (Å²) < 4.78 is 5.61. The minimum absolute atomic E-state index is 0.0504. The van der Waals surface area contributed by atoms with E-state index >= 15 is 0 Å². The molecule has 0 aliphatic rings. The summed E-state index contributed by atoms with van der Waals surface area (Å²) in [7, 11) is 3.56. The number of aromatic nitrogens is 3. The number of nitrogen functional groups attached to an aromatic ring is 1. The molecule has 0 spiro atoms. The highest BCUT2D eigenvalue weighted by Gasteiger charge is 2.11. The lowest BCUT2D eigenvalue weighted by Crippen LogP contribution is -2.15. The largest absolute Gasteiger partial charge is 0.494 e. The molecule has 0 aliphatic carbocycles. The van der Waals surface area contributed by atoms with Crippen LogP contribution in [0.1, 0.15) is 24.2 Å². The first kappa shape index (κ1) is 18.7. The third-order valence-corrected chi connectivity index (χ3v) is 3.27. The fourth-order valence-electron chi connectivity index (χ4n) is 2.05. The number of unbranched alkanes of at least 4 members (excludes halogenated alkanes) is 1. The van der Waals surface area contributed by atoms with Crippen molar-refractivity contribution in [3.8, 4) is 17.9 Å². The Bertz CT molecular complexity index is 878. The standard InChI is InChI=1S/C18H19N7O/c1-25(2)18-23-16(22-17(21)24-18)14(12-20)10-13-6-5-7-15(11-13)26-9-4-3-8-19/h5-7,10-11H,3-4,9H2,1-2H3,(H2,21,22,23,24)/b14-10+. The molecule has 1 heterocycles. The second-order valence-electron chi connectivity index (χ2n) is 5.56. The van der Waals surface area contributed by atoms with Gasteiger partial charge < -0.3 is 15.4 Å². The van der Waals surface area contributed by atoms with E-state index in [2.05, 4.69) is 27.1 Å². The van der Waals surface area contributed by atoms with Crippen molar-refractivity contribution < 1.29 is 4.74 Å². The molecule has 0 atom stereocenters. The molecule has 1 aromatic carbocycles. The number of benzene rings is 1. The minimum atomic E-state index is 0.0504. The normalized spacial score (nSPS) is 10.7. The van der Waals surface area contributed by atoms with Crippen LogP contribution in [-0.4, -0.2) is 35.7 Å². The van der Waals surface area contributed by atoms with Crippen LogP contribution in [0.25, 0.3) is 11.6 Å². The van der Waals surface area contributed by atoms with Crippen LogP contribution in [0.3, 0.4) is 0 Å². The van der Waals surface area contributed by atoms with Crippen molar-refractivity contribution in [3.63, 3.8) is 0 Å². The van der Waals surface area contributed by atoms with E-state index in [1.54, 1.807) is 31.1 Å². The van der Waals surface area contributed by atoms with Crippen molar-refractivity contribution in [1.82, 2.24) is 15.0 Å². The maximum absolute atomic E-state index is 9.50. The molecule has 8 nitrogen and oxygen atoms in total. The highest BCUT2D eigenvalue weighted by molar-refractivity contribution is 5.87. The summed E-state index contributed by atoms with van der Waals surface area (Å²) in [6, 6.07) is 11.5. The zero-order valence-electron chi connectivity index (χ0n) is 14.7. The van der Waals surface area contributed by atoms with Crippen molar-refractivity contribution >= 4 is 23.5 Å². The molecule has 2 rings (SSSR count). The molecule has 0 unspecified atom stereocenters. The summed E-state index contributed by atoms with van der Waals surface area (Å²) in [6.07, 6.45) is 2.78. The van der Waals surface area contributed by atoms with E-state index < -0.39 is 0 Å². The van der Waals surface area contributed by atoms with Gasteiger partial charge in [-0.2, -0.15) is 25.5 Å². The van der Waals surface area contributed by atoms with Crippen LogP contribution in [0, 0.1) is 22.7 Å². The average molecular weight is 349 g/mol. The highest BCUT2D eigenvalue weighted by Crippen LogP contribution is 2.20. The smallest absolute Gasteiger partial charge is 0.230 e. The predicted octanol–water partition coefficient (Wildman–Crippen LogP) is 2.27. The summed E-state index contributed by atoms with van der Waals surface area (Å²) in [6.45, 7) is 0.460. The van der Waals surface area contributed by atoms with Crippen LogP contribution in [0.15, 0.2) is 24.3 Å². The zero-order chi connectivity index (χ0) is 18.9. The first-order chi connectivity index (χ1) is 12.5. The van der Waals surface area contributed by atoms with Crippen LogP contribution in [-0.2, 0) is 0 Å². The van der Waals surface area contributed by atoms with Gasteiger partial charge >= 0.3 is 0 Å². The van der Waals surface area contributed by atoms with Gasteiger partial charge in [-0.15, -0.1) is 0 Å². The lowest BCUT2D eigenvalue weighted by Gasteiger charge is -2.11. The van der Waals surface area contributed by atoms with E-state index in [0.29, 0.717) is 31.1 Å². The maximum Gasteiger partial charge on any atom is 0.230 e. The molecule has 8 heteroatoms. The van der Waals surface area contributed by atoms with Crippen molar-refractivity contribution in [2.24, 2.45) is 0 Å². The van der Waals surface area contributed by atoms with E-state index in [9.17, 15) is 5.26 Å². The van der Waals surface area contributed by atoms with Crippen molar-refractivity contribution in [2.45, 2.75) is 12.8 Å². The Balaban J connectivity index is 2.27. The number of nitrogens with two attached hydrogens (primary N) is 1. The van der Waals surface area contributed by atoms with E-state index in [1.807, 2.05) is 18.2 Å². The van der Waals surface area contributed by atoms with Gasteiger partial charge in [0.15, 0.2) is 5.82 Å². The van der Waals surface area contributed by atoms with Gasteiger partial charge in [-0.1, -0.05) is 12.1 Å². The Morgan fingerprint density at radius 2 is 2.08 bits per heavy atom. The minimum Gasteiger partial charge on any atom is -0.494 e. The SMILES string of the molecule is CN(C)c1nc(N)nc(/C(C#N)=C/c2cccc(OCCCC#N)c2)n1. The Labute approximate surface area is 152 Å². The first-order valence-corrected chi connectivity index (χ1v) is 7.94. The van der Waals surface area contributed by atoms with Gasteiger partial charge in [0.2, 0.25) is 11.9 Å². The number of ether oxygens (including phenoxy) is 1. The fraction of sp³-hybridized carbons (Fsp3) is 0.278. The van der Waals surface area contributed by atoms with E-state index in [4.69, 9.17) is 15.7 Å². The van der Waals surface area contributed by atoms with Crippen molar-refractivity contribution in [1.29, 1.82) is 10.5 Å². The monoisotopic (exact) mass is 349 g/mol. The number of anilines is 2. The zero-order valence-corrected chi connectivity index (χ0v) is 14.7. The molecule has 0 radical (unpaired) electrons. The predicted molar refractivity (Wildman–Crippen MR) is 98.8 cm³/mol. The number of hydrogen-bond acceptors (Lipinski definition) is 8. The molecule has 26 heavy (non-hydrogen) atoms. The summed E-state index contributed by atoms with van der Waals surface area (Å²) in [5.74, 6) is 1.31. The van der Waals surface area contributed by atoms with E-state index in [-0.39, 0.29) is 17.3 Å². The first-order valence-electron chi connectivity index (χ1n) is 7.94. The molecule has 0 saturated heterocycles. The summed E-state index contributed by atoms with van der Waals surface area (Å²) in [4.78, 5) is 14.0. The Kier molecular flexibility index (Phi) is 6.47. The van der Waals surface area contributed by atoms with Gasteiger partial charge in [0.1, 0.15) is 11.8 Å². The molecule has 2 N–H and O–H groups in total.